The van der Waals surface area contributed by atoms with Crippen molar-refractivity contribution < 1.29 is 9.84 Å². The molecule has 0 bridgehead atoms. The zero-order valence-electron chi connectivity index (χ0n) is 10.9. The van der Waals surface area contributed by atoms with E-state index in [-0.39, 0.29) is 6.61 Å². The fourth-order valence-corrected chi connectivity index (χ4v) is 2.45. The molecule has 2 aromatic rings. The van der Waals surface area contributed by atoms with E-state index in [2.05, 4.69) is 4.98 Å². The quantitative estimate of drug-likeness (QED) is 0.833. The lowest BCUT2D eigenvalue weighted by Gasteiger charge is -2.16. The van der Waals surface area contributed by atoms with Gasteiger partial charge in [0.25, 0.3) is 5.56 Å². The van der Waals surface area contributed by atoms with Gasteiger partial charge in [-0.05, 0) is 12.5 Å². The Labute approximate surface area is 114 Å². The van der Waals surface area contributed by atoms with Gasteiger partial charge >= 0.3 is 5.69 Å². The van der Waals surface area contributed by atoms with Gasteiger partial charge in [-0.25, -0.2) is 4.79 Å². The molecule has 0 saturated carbocycles. The molecule has 0 aliphatic carbocycles. The maximum Gasteiger partial charge on any atom is 0.330 e. The number of fused-ring (bicyclic) bond motifs is 1. The monoisotopic (exact) mass is 274 g/mol. The minimum Gasteiger partial charge on any atom is -0.393 e. The van der Waals surface area contributed by atoms with Crippen molar-refractivity contribution in [1.82, 2.24) is 9.55 Å². The van der Waals surface area contributed by atoms with E-state index in [1.165, 1.54) is 10.8 Å². The van der Waals surface area contributed by atoms with Crippen molar-refractivity contribution in [2.45, 2.75) is 19.3 Å². The SMILES string of the molecule is Cc1cn([C@H]2O[C@@H](CO)c3ccccc32)c(=O)[nH]c1=O. The van der Waals surface area contributed by atoms with E-state index >= 15 is 0 Å². The van der Waals surface area contributed by atoms with Gasteiger partial charge in [-0.2, -0.15) is 0 Å². The third-order valence-corrected chi connectivity index (χ3v) is 3.47. The van der Waals surface area contributed by atoms with Crippen LogP contribution >= 0.6 is 0 Å². The minimum atomic E-state index is -0.633. The molecule has 1 aliphatic heterocycles. The molecule has 0 saturated heterocycles. The first-order valence-corrected chi connectivity index (χ1v) is 6.29. The molecule has 1 aliphatic rings. The van der Waals surface area contributed by atoms with Crippen molar-refractivity contribution in [2.24, 2.45) is 0 Å². The predicted molar refractivity (Wildman–Crippen MR) is 71.6 cm³/mol. The van der Waals surface area contributed by atoms with Crippen molar-refractivity contribution >= 4 is 0 Å². The number of H-pyrrole nitrogens is 1. The van der Waals surface area contributed by atoms with Gasteiger partial charge in [0.05, 0.1) is 6.61 Å². The number of aliphatic hydroxyl groups is 1. The van der Waals surface area contributed by atoms with E-state index in [1.54, 1.807) is 6.92 Å². The Morgan fingerprint density at radius 1 is 1.30 bits per heavy atom. The van der Waals surface area contributed by atoms with Gasteiger partial charge in [-0.15, -0.1) is 0 Å². The van der Waals surface area contributed by atoms with Crippen LogP contribution in [0, 0.1) is 6.92 Å². The van der Waals surface area contributed by atoms with Crippen LogP contribution in [0.15, 0.2) is 40.1 Å². The molecule has 6 heteroatoms. The van der Waals surface area contributed by atoms with Crippen LogP contribution in [0.5, 0.6) is 0 Å². The minimum absolute atomic E-state index is 0.162. The molecule has 2 atom stereocenters. The third-order valence-electron chi connectivity index (χ3n) is 3.47. The summed E-state index contributed by atoms with van der Waals surface area (Å²) in [5, 5.41) is 9.38. The van der Waals surface area contributed by atoms with Crippen molar-refractivity contribution in [3.63, 3.8) is 0 Å². The standard InChI is InChI=1S/C14H14N2O4/c1-8-6-16(14(19)15-12(8)18)13-10-5-3-2-4-9(10)11(7-17)20-13/h2-6,11,13,17H,7H2,1H3,(H,15,18,19)/t11-,13-/m0/s1. The van der Waals surface area contributed by atoms with Crippen LogP contribution < -0.4 is 11.2 Å². The summed E-state index contributed by atoms with van der Waals surface area (Å²) >= 11 is 0. The summed E-state index contributed by atoms with van der Waals surface area (Å²) < 4.78 is 7.07. The molecule has 1 aromatic carbocycles. The Bertz CT molecular complexity index is 762. The molecule has 0 unspecified atom stereocenters. The first-order chi connectivity index (χ1) is 9.61. The molecule has 2 heterocycles. The summed E-state index contributed by atoms with van der Waals surface area (Å²) in [5.41, 5.74) is 1.17. The molecule has 1 aromatic heterocycles. The van der Waals surface area contributed by atoms with E-state index < -0.39 is 23.6 Å². The van der Waals surface area contributed by atoms with Crippen LogP contribution in [0.25, 0.3) is 0 Å². The Balaban J connectivity index is 2.16. The first-order valence-electron chi connectivity index (χ1n) is 6.29. The van der Waals surface area contributed by atoms with Crippen LogP contribution in [-0.4, -0.2) is 21.3 Å². The summed E-state index contributed by atoms with van der Waals surface area (Å²) in [4.78, 5) is 25.6. The van der Waals surface area contributed by atoms with E-state index in [0.29, 0.717) is 5.56 Å². The number of aromatic nitrogens is 2. The first kappa shape index (κ1) is 12.8. The summed E-state index contributed by atoms with van der Waals surface area (Å²) in [6, 6.07) is 7.41. The third kappa shape index (κ3) is 1.90. The molecular weight excluding hydrogens is 260 g/mol. The molecule has 20 heavy (non-hydrogen) atoms. The van der Waals surface area contributed by atoms with Crippen molar-refractivity contribution in [3.8, 4) is 0 Å². The fraction of sp³-hybridized carbons (Fsp3) is 0.286. The topological polar surface area (TPSA) is 84.3 Å². The lowest BCUT2D eigenvalue weighted by atomic mass is 10.0. The zero-order chi connectivity index (χ0) is 14.3. The number of aromatic amines is 1. The molecule has 2 N–H and O–H groups in total. The number of aliphatic hydroxyl groups excluding tert-OH is 1. The molecule has 3 rings (SSSR count). The van der Waals surface area contributed by atoms with E-state index in [9.17, 15) is 14.7 Å². The van der Waals surface area contributed by atoms with Gasteiger partial charge in [-0.3, -0.25) is 14.3 Å². The van der Waals surface area contributed by atoms with Crippen LogP contribution in [0.4, 0.5) is 0 Å². The number of nitrogens with one attached hydrogen (secondary N) is 1. The number of hydrogen-bond acceptors (Lipinski definition) is 4. The van der Waals surface area contributed by atoms with Gasteiger partial charge in [-0.1, -0.05) is 24.3 Å². The maximum atomic E-state index is 11.9. The van der Waals surface area contributed by atoms with Crippen LogP contribution in [0.1, 0.15) is 29.0 Å². The number of benzene rings is 1. The van der Waals surface area contributed by atoms with E-state index in [0.717, 1.165) is 11.1 Å². The van der Waals surface area contributed by atoms with Gasteiger partial charge in [0.15, 0.2) is 6.23 Å². The predicted octanol–water partition coefficient (Wildman–Crippen LogP) is 0.456. The second-order valence-corrected chi connectivity index (χ2v) is 4.77. The average Bonchev–Trinajstić information content (AvgIpc) is 2.82. The molecule has 0 amide bonds. The second-order valence-electron chi connectivity index (χ2n) is 4.77. The van der Waals surface area contributed by atoms with Gasteiger partial charge in [0.1, 0.15) is 6.10 Å². The molecule has 0 radical (unpaired) electrons. The largest absolute Gasteiger partial charge is 0.393 e. The Morgan fingerprint density at radius 2 is 2.00 bits per heavy atom. The van der Waals surface area contributed by atoms with Crippen molar-refractivity contribution in [2.75, 3.05) is 6.61 Å². The molecule has 104 valence electrons. The molecule has 0 fully saturated rings. The summed E-state index contributed by atoms with van der Waals surface area (Å²) in [5.74, 6) is 0. The lowest BCUT2D eigenvalue weighted by Crippen LogP contribution is -2.33. The summed E-state index contributed by atoms with van der Waals surface area (Å²) in [6.07, 6.45) is 0.379. The Hall–Kier alpha value is -2.18. The fourth-order valence-electron chi connectivity index (χ4n) is 2.45. The van der Waals surface area contributed by atoms with Crippen LogP contribution in [0.2, 0.25) is 0 Å². The van der Waals surface area contributed by atoms with Gasteiger partial charge < -0.3 is 9.84 Å². The van der Waals surface area contributed by atoms with Crippen LogP contribution in [-0.2, 0) is 4.74 Å². The summed E-state index contributed by atoms with van der Waals surface area (Å²) in [6.45, 7) is 1.46. The number of nitrogens with zero attached hydrogens (tertiary/aromatic N) is 1. The molecule has 6 nitrogen and oxygen atoms in total. The highest BCUT2D eigenvalue weighted by Crippen LogP contribution is 2.38. The normalized spacial score (nSPS) is 20.9. The number of aryl methyl sites for hydroxylation is 1. The van der Waals surface area contributed by atoms with Crippen molar-refractivity contribution in [1.29, 1.82) is 0 Å². The number of hydrogen-bond donors (Lipinski definition) is 2. The highest BCUT2D eigenvalue weighted by atomic mass is 16.5. The maximum absolute atomic E-state index is 11.9. The highest BCUT2D eigenvalue weighted by molar-refractivity contribution is 5.34. The zero-order valence-corrected chi connectivity index (χ0v) is 10.9. The smallest absolute Gasteiger partial charge is 0.330 e. The Morgan fingerprint density at radius 3 is 2.70 bits per heavy atom. The van der Waals surface area contributed by atoms with E-state index in [4.69, 9.17) is 4.74 Å². The van der Waals surface area contributed by atoms with Gasteiger partial charge in [0.2, 0.25) is 0 Å². The summed E-state index contributed by atoms with van der Waals surface area (Å²) in [7, 11) is 0. The van der Waals surface area contributed by atoms with Gasteiger partial charge in [0, 0.05) is 17.3 Å². The molecule has 0 spiro atoms. The van der Waals surface area contributed by atoms with Crippen LogP contribution in [0.3, 0.4) is 0 Å². The van der Waals surface area contributed by atoms with Crippen molar-refractivity contribution in [3.05, 3.63) is 68.0 Å². The lowest BCUT2D eigenvalue weighted by molar-refractivity contribution is -0.0342. The Kier molecular flexibility index (Phi) is 3.04. The second kappa shape index (κ2) is 4.73. The average molecular weight is 274 g/mol. The number of ether oxygens (including phenoxy) is 1. The number of rotatable bonds is 2. The highest BCUT2D eigenvalue weighted by Gasteiger charge is 2.32. The molecular formula is C14H14N2O4. The van der Waals surface area contributed by atoms with E-state index in [1.807, 2.05) is 24.3 Å².